The Hall–Kier alpha value is -0.0400. The van der Waals surface area contributed by atoms with Gasteiger partial charge in [0.25, 0.3) is 0 Å². The maximum absolute atomic E-state index is 2.54. The van der Waals surface area contributed by atoms with E-state index in [0.717, 1.165) is 5.92 Å². The topological polar surface area (TPSA) is 3.24 Å². The number of likely N-dealkylation sites (tertiary alicyclic amines) is 1. The number of piperidine rings is 1. The summed E-state index contributed by atoms with van der Waals surface area (Å²) in [5, 5.41) is 0. The van der Waals surface area contributed by atoms with Crippen LogP contribution in [0.4, 0.5) is 0 Å². The van der Waals surface area contributed by atoms with Gasteiger partial charge in [-0.25, -0.2) is 0 Å². The summed E-state index contributed by atoms with van der Waals surface area (Å²) < 4.78 is 0. The molecule has 0 aromatic carbocycles. The fourth-order valence-electron chi connectivity index (χ4n) is 1.57. The minimum absolute atomic E-state index is 0.943. The predicted octanol–water partition coefficient (Wildman–Crippen LogP) is 1.74. The summed E-state index contributed by atoms with van der Waals surface area (Å²) in [6.07, 6.45) is 2.85. The van der Waals surface area contributed by atoms with Crippen molar-refractivity contribution in [3.05, 3.63) is 0 Å². The monoisotopic (exact) mass is 127 g/mol. The third kappa shape index (κ3) is 1.98. The number of hydrogen-bond donors (Lipinski definition) is 0. The first-order chi connectivity index (χ1) is 4.33. The lowest BCUT2D eigenvalue weighted by atomic mass is 10.0. The van der Waals surface area contributed by atoms with E-state index in [9.17, 15) is 0 Å². The fraction of sp³-hybridized carbons (Fsp3) is 1.00. The van der Waals surface area contributed by atoms with Crippen molar-refractivity contribution in [1.29, 1.82) is 0 Å². The van der Waals surface area contributed by atoms with E-state index in [-0.39, 0.29) is 0 Å². The third-order valence-electron chi connectivity index (χ3n) is 2.19. The highest BCUT2D eigenvalue weighted by molar-refractivity contribution is 4.67. The van der Waals surface area contributed by atoms with Crippen LogP contribution in [0.15, 0.2) is 0 Å². The Balaban J connectivity index is 2.23. The van der Waals surface area contributed by atoms with E-state index < -0.39 is 0 Å². The van der Waals surface area contributed by atoms with Gasteiger partial charge in [-0.15, -0.1) is 0 Å². The Labute approximate surface area is 58.0 Å². The minimum Gasteiger partial charge on any atom is -0.303 e. The van der Waals surface area contributed by atoms with Crippen LogP contribution >= 0.6 is 0 Å². The van der Waals surface area contributed by atoms with Crippen LogP contribution in [0, 0.1) is 5.92 Å². The zero-order valence-electron chi connectivity index (χ0n) is 6.56. The molecule has 0 aromatic heterocycles. The van der Waals surface area contributed by atoms with Crippen molar-refractivity contribution in [3.8, 4) is 0 Å². The molecule has 9 heavy (non-hydrogen) atoms. The molecule has 1 aliphatic rings. The van der Waals surface area contributed by atoms with Gasteiger partial charge in [0.2, 0.25) is 0 Å². The van der Waals surface area contributed by atoms with Crippen molar-refractivity contribution >= 4 is 0 Å². The molecule has 1 heteroatoms. The average molecular weight is 127 g/mol. The van der Waals surface area contributed by atoms with Crippen LogP contribution in [0.1, 0.15) is 26.7 Å². The molecule has 1 nitrogen and oxygen atoms in total. The van der Waals surface area contributed by atoms with E-state index in [1.54, 1.807) is 0 Å². The molecule has 0 aliphatic carbocycles. The highest BCUT2D eigenvalue weighted by Crippen LogP contribution is 2.14. The summed E-state index contributed by atoms with van der Waals surface area (Å²) in [5.41, 5.74) is 0. The lowest BCUT2D eigenvalue weighted by Crippen LogP contribution is -2.33. The Bertz CT molecular complexity index is 80.6. The van der Waals surface area contributed by atoms with E-state index >= 15 is 0 Å². The molecule has 1 fully saturated rings. The van der Waals surface area contributed by atoms with Gasteiger partial charge in [0.15, 0.2) is 0 Å². The highest BCUT2D eigenvalue weighted by atomic mass is 15.1. The van der Waals surface area contributed by atoms with Gasteiger partial charge >= 0.3 is 0 Å². The molecule has 1 heterocycles. The van der Waals surface area contributed by atoms with Crippen LogP contribution in [0.2, 0.25) is 0 Å². The Kier molecular flexibility index (Phi) is 2.52. The molecule has 0 amide bonds. The molecule has 0 radical (unpaired) electrons. The van der Waals surface area contributed by atoms with E-state index in [4.69, 9.17) is 0 Å². The van der Waals surface area contributed by atoms with Gasteiger partial charge in [0.05, 0.1) is 0 Å². The van der Waals surface area contributed by atoms with Crippen LogP contribution in [-0.2, 0) is 0 Å². The minimum atomic E-state index is 0.943. The van der Waals surface area contributed by atoms with E-state index in [2.05, 4.69) is 18.7 Å². The second-order valence-corrected chi connectivity index (χ2v) is 3.14. The maximum Gasteiger partial charge on any atom is 0.000691 e. The van der Waals surface area contributed by atoms with Gasteiger partial charge in [-0.1, -0.05) is 13.8 Å². The van der Waals surface area contributed by atoms with Gasteiger partial charge in [0, 0.05) is 6.54 Å². The van der Waals surface area contributed by atoms with Gasteiger partial charge in [0.1, 0.15) is 0 Å². The first kappa shape index (κ1) is 7.07. The first-order valence-corrected chi connectivity index (χ1v) is 4.05. The lowest BCUT2D eigenvalue weighted by molar-refractivity contribution is 0.192. The molecule has 1 atom stereocenters. The highest BCUT2D eigenvalue weighted by Gasteiger charge is 2.13. The summed E-state index contributed by atoms with van der Waals surface area (Å²) in [6, 6.07) is 0. The fourth-order valence-corrected chi connectivity index (χ4v) is 1.57. The van der Waals surface area contributed by atoms with Crippen molar-refractivity contribution in [2.45, 2.75) is 26.7 Å². The quantitative estimate of drug-likeness (QED) is 0.518. The largest absolute Gasteiger partial charge is 0.303 e. The summed E-state index contributed by atoms with van der Waals surface area (Å²) in [4.78, 5) is 2.54. The zero-order chi connectivity index (χ0) is 6.69. The van der Waals surface area contributed by atoms with Crippen LogP contribution in [0.25, 0.3) is 0 Å². The summed E-state index contributed by atoms with van der Waals surface area (Å²) in [6.45, 7) is 8.50. The van der Waals surface area contributed by atoms with Crippen LogP contribution in [0.5, 0.6) is 0 Å². The standard InChI is InChI=1S/C8H17N/c1-3-9-6-4-5-8(2)7-9/h8H,3-7H2,1-2H3/t8-/m1/s1. The zero-order valence-corrected chi connectivity index (χ0v) is 6.56. The van der Waals surface area contributed by atoms with Crippen LogP contribution in [0.3, 0.4) is 0 Å². The van der Waals surface area contributed by atoms with Gasteiger partial charge in [-0.2, -0.15) is 0 Å². The molecule has 1 saturated heterocycles. The second kappa shape index (κ2) is 3.21. The Morgan fingerprint density at radius 3 is 2.78 bits per heavy atom. The van der Waals surface area contributed by atoms with Gasteiger partial charge in [-0.05, 0) is 31.8 Å². The van der Waals surface area contributed by atoms with Crippen molar-refractivity contribution in [2.75, 3.05) is 19.6 Å². The number of nitrogens with zero attached hydrogens (tertiary/aromatic N) is 1. The molecule has 0 N–H and O–H groups in total. The molecular weight excluding hydrogens is 110 g/mol. The molecule has 1 aliphatic heterocycles. The SMILES string of the molecule is CCN1CCC[C@@H](C)C1. The summed E-state index contributed by atoms with van der Waals surface area (Å²) in [7, 11) is 0. The van der Waals surface area contributed by atoms with E-state index in [1.807, 2.05) is 0 Å². The smallest absolute Gasteiger partial charge is 0.000691 e. The molecule has 0 unspecified atom stereocenters. The van der Waals surface area contributed by atoms with Gasteiger partial charge in [-0.3, -0.25) is 0 Å². The van der Waals surface area contributed by atoms with Crippen LogP contribution in [-0.4, -0.2) is 24.5 Å². The third-order valence-corrected chi connectivity index (χ3v) is 2.19. The van der Waals surface area contributed by atoms with Crippen LogP contribution < -0.4 is 0 Å². The molecule has 0 aromatic rings. The van der Waals surface area contributed by atoms with E-state index in [0.29, 0.717) is 0 Å². The number of rotatable bonds is 1. The van der Waals surface area contributed by atoms with Crippen molar-refractivity contribution in [3.63, 3.8) is 0 Å². The molecule has 0 bridgehead atoms. The molecular formula is C8H17N. The molecule has 54 valence electrons. The number of hydrogen-bond acceptors (Lipinski definition) is 1. The van der Waals surface area contributed by atoms with Gasteiger partial charge < -0.3 is 4.90 Å². The molecule has 1 rings (SSSR count). The first-order valence-electron chi connectivity index (χ1n) is 4.05. The lowest BCUT2D eigenvalue weighted by Gasteiger charge is -2.29. The Morgan fingerprint density at radius 1 is 1.56 bits per heavy atom. The normalized spacial score (nSPS) is 30.7. The van der Waals surface area contributed by atoms with Crippen molar-refractivity contribution in [1.82, 2.24) is 4.90 Å². The molecule has 0 saturated carbocycles. The average Bonchev–Trinajstić information content (AvgIpc) is 1.88. The van der Waals surface area contributed by atoms with Crippen molar-refractivity contribution < 1.29 is 0 Å². The summed E-state index contributed by atoms with van der Waals surface area (Å²) in [5.74, 6) is 0.943. The Morgan fingerprint density at radius 2 is 2.33 bits per heavy atom. The summed E-state index contributed by atoms with van der Waals surface area (Å²) >= 11 is 0. The maximum atomic E-state index is 2.54. The predicted molar refractivity (Wildman–Crippen MR) is 40.5 cm³/mol. The van der Waals surface area contributed by atoms with E-state index in [1.165, 1.54) is 32.5 Å². The van der Waals surface area contributed by atoms with Crippen molar-refractivity contribution in [2.24, 2.45) is 5.92 Å². The molecule has 0 spiro atoms. The second-order valence-electron chi connectivity index (χ2n) is 3.14.